The maximum absolute atomic E-state index is 13.2. The Balaban J connectivity index is 1.66. The number of unbranched alkanes of at least 4 members (excludes halogenated alkanes) is 1. The summed E-state index contributed by atoms with van der Waals surface area (Å²) >= 11 is 0. The van der Waals surface area contributed by atoms with Crippen LogP contribution in [0.15, 0.2) is 41.3 Å². The van der Waals surface area contributed by atoms with Gasteiger partial charge in [-0.3, -0.25) is 4.79 Å². The molecule has 0 heterocycles. The summed E-state index contributed by atoms with van der Waals surface area (Å²) in [6.07, 6.45) is 8.13. The molecule has 5 nitrogen and oxygen atoms in total. The first kappa shape index (κ1) is 22.0. The molecule has 0 amide bonds. The van der Waals surface area contributed by atoms with E-state index in [4.69, 9.17) is 5.11 Å². The van der Waals surface area contributed by atoms with E-state index in [-0.39, 0.29) is 28.7 Å². The van der Waals surface area contributed by atoms with Crippen molar-refractivity contribution >= 4 is 16.0 Å². The summed E-state index contributed by atoms with van der Waals surface area (Å²) in [4.78, 5) is 10.7. The third-order valence-corrected chi connectivity index (χ3v) is 8.42. The lowest BCUT2D eigenvalue weighted by atomic mass is 9.44. The Kier molecular flexibility index (Phi) is 6.48. The molecule has 0 radical (unpaired) electrons. The van der Waals surface area contributed by atoms with Crippen LogP contribution in [0.2, 0.25) is 0 Å². The number of fused-ring (bicyclic) bond motifs is 2. The van der Waals surface area contributed by atoms with Gasteiger partial charge in [0, 0.05) is 6.04 Å². The number of benzene rings is 1. The number of allylic oxidation sites excluding steroid dienone is 1. The number of carbonyl (C=O) groups is 1. The van der Waals surface area contributed by atoms with Crippen LogP contribution in [0, 0.1) is 29.0 Å². The molecular weight excluding hydrogens is 393 g/mol. The fourth-order valence-electron chi connectivity index (χ4n) is 5.14. The van der Waals surface area contributed by atoms with Crippen molar-refractivity contribution in [1.29, 1.82) is 0 Å². The van der Waals surface area contributed by atoms with Crippen LogP contribution in [0.3, 0.4) is 0 Å². The van der Waals surface area contributed by atoms with Crippen LogP contribution in [-0.4, -0.2) is 25.5 Å². The van der Waals surface area contributed by atoms with Crippen molar-refractivity contribution in [3.8, 4) is 0 Å². The van der Waals surface area contributed by atoms with E-state index in [2.05, 4.69) is 18.6 Å². The zero-order valence-electron chi connectivity index (χ0n) is 17.0. The summed E-state index contributed by atoms with van der Waals surface area (Å²) < 4.78 is 41.7. The van der Waals surface area contributed by atoms with E-state index < -0.39 is 21.8 Å². The number of sulfonamides is 1. The Morgan fingerprint density at radius 3 is 2.55 bits per heavy atom. The quantitative estimate of drug-likeness (QED) is 0.457. The number of hydrogen-bond donors (Lipinski definition) is 2. The number of hydrogen-bond acceptors (Lipinski definition) is 3. The third kappa shape index (κ3) is 4.89. The fraction of sp³-hybridized carbons (Fsp3) is 0.591. The van der Waals surface area contributed by atoms with Gasteiger partial charge in [0.25, 0.3) is 0 Å². The van der Waals surface area contributed by atoms with Crippen molar-refractivity contribution in [2.24, 2.45) is 23.2 Å². The monoisotopic (exact) mass is 423 g/mol. The Morgan fingerprint density at radius 1 is 1.24 bits per heavy atom. The van der Waals surface area contributed by atoms with Crippen molar-refractivity contribution in [3.63, 3.8) is 0 Å². The molecule has 3 aliphatic rings. The van der Waals surface area contributed by atoms with Crippen LogP contribution in [0.4, 0.5) is 4.39 Å². The van der Waals surface area contributed by atoms with E-state index in [0.717, 1.165) is 44.2 Å². The highest BCUT2D eigenvalue weighted by Gasteiger charge is 2.57. The molecule has 0 saturated heterocycles. The average molecular weight is 424 g/mol. The van der Waals surface area contributed by atoms with E-state index in [9.17, 15) is 17.6 Å². The normalized spacial score (nSPS) is 28.2. The predicted octanol–water partition coefficient (Wildman–Crippen LogP) is 4.36. The molecule has 160 valence electrons. The van der Waals surface area contributed by atoms with Gasteiger partial charge in [-0.2, -0.15) is 0 Å². The second-order valence-electron chi connectivity index (χ2n) is 8.94. The van der Waals surface area contributed by atoms with Gasteiger partial charge in [-0.1, -0.05) is 26.0 Å². The van der Waals surface area contributed by atoms with E-state index in [1.165, 1.54) is 12.1 Å². The van der Waals surface area contributed by atoms with Crippen LogP contribution in [-0.2, 0) is 14.8 Å². The summed E-state index contributed by atoms with van der Waals surface area (Å²) in [5, 5.41) is 8.69. The van der Waals surface area contributed by atoms with Gasteiger partial charge in [-0.05, 0) is 79.5 Å². The van der Waals surface area contributed by atoms with Crippen LogP contribution in [0.1, 0.15) is 52.4 Å². The minimum absolute atomic E-state index is 0.0286. The second-order valence-corrected chi connectivity index (χ2v) is 10.7. The van der Waals surface area contributed by atoms with E-state index in [0.29, 0.717) is 11.8 Å². The van der Waals surface area contributed by atoms with Gasteiger partial charge in [-0.15, -0.1) is 0 Å². The molecule has 1 aromatic rings. The first-order chi connectivity index (χ1) is 13.6. The molecule has 4 rings (SSSR count). The Labute approximate surface area is 172 Å². The maximum Gasteiger partial charge on any atom is 0.307 e. The Hall–Kier alpha value is -1.73. The van der Waals surface area contributed by atoms with E-state index in [1.807, 2.05) is 6.08 Å². The first-order valence-corrected chi connectivity index (χ1v) is 11.7. The summed E-state index contributed by atoms with van der Waals surface area (Å²) in [6, 6.07) is 4.80. The third-order valence-electron chi connectivity index (χ3n) is 6.92. The summed E-state index contributed by atoms with van der Waals surface area (Å²) in [7, 11) is -3.69. The lowest BCUT2D eigenvalue weighted by Gasteiger charge is -2.62. The van der Waals surface area contributed by atoms with Gasteiger partial charge in [0.2, 0.25) is 10.0 Å². The number of nitrogens with one attached hydrogen (secondary N) is 1. The lowest BCUT2D eigenvalue weighted by Crippen LogP contribution is -2.61. The minimum atomic E-state index is -3.69. The molecule has 0 aromatic heterocycles. The molecule has 2 N–H and O–H groups in total. The van der Waals surface area contributed by atoms with Gasteiger partial charge < -0.3 is 5.11 Å². The van der Waals surface area contributed by atoms with Crippen LogP contribution in [0.25, 0.3) is 0 Å². The van der Waals surface area contributed by atoms with Gasteiger partial charge in [0.15, 0.2) is 0 Å². The molecule has 3 saturated carbocycles. The van der Waals surface area contributed by atoms with Gasteiger partial charge in [-0.25, -0.2) is 17.5 Å². The van der Waals surface area contributed by atoms with Crippen molar-refractivity contribution in [3.05, 3.63) is 42.2 Å². The zero-order chi connectivity index (χ0) is 21.2. The minimum Gasteiger partial charge on any atom is -0.481 e. The smallest absolute Gasteiger partial charge is 0.307 e. The van der Waals surface area contributed by atoms with Crippen molar-refractivity contribution in [2.75, 3.05) is 0 Å². The van der Waals surface area contributed by atoms with Gasteiger partial charge in [0.05, 0.1) is 11.3 Å². The lowest BCUT2D eigenvalue weighted by molar-refractivity contribution is -0.136. The Morgan fingerprint density at radius 2 is 1.93 bits per heavy atom. The van der Waals surface area contributed by atoms with Crippen LogP contribution >= 0.6 is 0 Å². The zero-order valence-corrected chi connectivity index (χ0v) is 17.8. The second kappa shape index (κ2) is 8.56. The van der Waals surface area contributed by atoms with Crippen LogP contribution in [0.5, 0.6) is 0 Å². The molecule has 2 bridgehead atoms. The van der Waals surface area contributed by atoms with Crippen molar-refractivity contribution in [2.45, 2.75) is 63.3 Å². The van der Waals surface area contributed by atoms with Crippen molar-refractivity contribution in [1.82, 2.24) is 4.72 Å². The number of aliphatic carboxylic acids is 1. The molecule has 0 unspecified atom stereocenters. The fourth-order valence-corrected chi connectivity index (χ4v) is 6.44. The number of carboxylic acid groups (broad SMARTS) is 1. The number of carboxylic acids is 1. The highest BCUT2D eigenvalue weighted by molar-refractivity contribution is 7.89. The summed E-state index contributed by atoms with van der Waals surface area (Å²) in [5.41, 5.74) is 0.224. The van der Waals surface area contributed by atoms with Crippen LogP contribution < -0.4 is 4.72 Å². The summed E-state index contributed by atoms with van der Waals surface area (Å²) in [5.74, 6) is -0.0621. The van der Waals surface area contributed by atoms with E-state index in [1.54, 1.807) is 6.08 Å². The molecule has 3 aliphatic carbocycles. The molecule has 0 spiro atoms. The molecule has 7 heteroatoms. The van der Waals surface area contributed by atoms with Gasteiger partial charge in [0.1, 0.15) is 5.82 Å². The maximum atomic E-state index is 13.2. The van der Waals surface area contributed by atoms with Gasteiger partial charge >= 0.3 is 5.97 Å². The largest absolute Gasteiger partial charge is 0.481 e. The number of rotatable bonds is 9. The molecule has 3 fully saturated rings. The number of halogens is 1. The Bertz CT molecular complexity index is 863. The molecule has 29 heavy (non-hydrogen) atoms. The topological polar surface area (TPSA) is 83.5 Å². The first-order valence-electron chi connectivity index (χ1n) is 10.3. The highest BCUT2D eigenvalue weighted by Crippen LogP contribution is 2.62. The van der Waals surface area contributed by atoms with E-state index >= 15 is 0 Å². The standard InChI is InChI=1S/C22H30FNO4S/c1-22(2)15-13-19(22)18(7-5-3-4-6-8-21(25)26)20(14-15)24-29(27,28)17-11-9-16(23)10-12-17/h4,6,9-12,15,18-20,24H,3,5,7-8,13-14H2,1-2H3,(H,25,26)/b6-4+/t15-,18+,19+,20+/m1/s1. The average Bonchev–Trinajstić information content (AvgIpc) is 2.64. The molecular formula is C22H30FNO4S. The predicted molar refractivity (Wildman–Crippen MR) is 109 cm³/mol. The SMILES string of the molecule is CC1(C)[C@H]2C[C@H](NS(=O)(=O)c3ccc(F)cc3)[C@@H](CCC/C=C/CC(=O)O)[C@@H]1C2. The molecule has 0 aliphatic heterocycles. The molecule has 1 aromatic carbocycles. The highest BCUT2D eigenvalue weighted by atomic mass is 32.2. The summed E-state index contributed by atoms with van der Waals surface area (Å²) in [6.45, 7) is 4.55. The van der Waals surface area contributed by atoms with Crippen molar-refractivity contribution < 1.29 is 22.7 Å². The molecule has 4 atom stereocenters.